The predicted octanol–water partition coefficient (Wildman–Crippen LogP) is 4.36. The molecular formula is C22H22F3N3O2. The van der Waals surface area contributed by atoms with Gasteiger partial charge in [0, 0.05) is 37.7 Å². The summed E-state index contributed by atoms with van der Waals surface area (Å²) in [5, 5.41) is 0. The van der Waals surface area contributed by atoms with E-state index in [2.05, 4.69) is 9.97 Å². The molecule has 2 aliphatic rings. The second-order valence-electron chi connectivity index (χ2n) is 8.39. The third-order valence-corrected chi connectivity index (χ3v) is 6.03. The van der Waals surface area contributed by atoms with Gasteiger partial charge in [0.25, 0.3) is 0 Å². The minimum absolute atomic E-state index is 0.0962. The van der Waals surface area contributed by atoms with Crippen LogP contribution in [0.15, 0.2) is 36.5 Å². The molecule has 1 saturated heterocycles. The van der Waals surface area contributed by atoms with E-state index in [1.807, 2.05) is 0 Å². The number of nitrogens with zero attached hydrogens (tertiary/aromatic N) is 3. The van der Waals surface area contributed by atoms with Gasteiger partial charge in [-0.1, -0.05) is 6.07 Å². The van der Waals surface area contributed by atoms with E-state index in [1.165, 1.54) is 35.4 Å². The van der Waals surface area contributed by atoms with Crippen molar-refractivity contribution in [1.29, 1.82) is 0 Å². The van der Waals surface area contributed by atoms with Crippen molar-refractivity contribution >= 4 is 17.4 Å². The molecular weight excluding hydrogens is 395 g/mol. The van der Waals surface area contributed by atoms with Crippen molar-refractivity contribution in [3.63, 3.8) is 0 Å². The molecule has 2 aromatic rings. The Morgan fingerprint density at radius 1 is 1.27 bits per heavy atom. The highest BCUT2D eigenvalue weighted by Gasteiger charge is 2.57. The van der Waals surface area contributed by atoms with Gasteiger partial charge in [0.15, 0.2) is 5.78 Å². The maximum atomic E-state index is 14.7. The van der Waals surface area contributed by atoms with E-state index in [4.69, 9.17) is 0 Å². The van der Waals surface area contributed by atoms with Crippen LogP contribution in [-0.4, -0.2) is 34.1 Å². The number of benzene rings is 1. The van der Waals surface area contributed by atoms with Crippen molar-refractivity contribution in [3.05, 3.63) is 53.9 Å². The number of amides is 1. The number of Topliss-reactive ketones (excluding diaryl/α,β-unsaturated/α-hetero) is 1. The zero-order valence-electron chi connectivity index (χ0n) is 16.6. The summed E-state index contributed by atoms with van der Waals surface area (Å²) in [5.74, 6) is -4.47. The van der Waals surface area contributed by atoms with E-state index in [0.717, 1.165) is 0 Å². The number of carbonyl (C=O) groups is 2. The highest BCUT2D eigenvalue weighted by Crippen LogP contribution is 2.53. The lowest BCUT2D eigenvalue weighted by Crippen LogP contribution is -2.45. The standard InChI is InChI=1S/C22H22F3N3O2/c1-14-26-7-5-18(27-14)19(29)9-15-11-21(13-22(24,25)12-15)6-8-28(20(21)30)17-4-2-3-16(23)10-17/h2-5,7,10,15H,6,8-9,11-13H2,1H3/t15-,21+/m0/s1. The van der Waals surface area contributed by atoms with Crippen molar-refractivity contribution in [2.24, 2.45) is 11.3 Å². The molecule has 2 fully saturated rings. The summed E-state index contributed by atoms with van der Waals surface area (Å²) in [6, 6.07) is 7.06. The lowest BCUT2D eigenvalue weighted by molar-refractivity contribution is -0.143. The van der Waals surface area contributed by atoms with Gasteiger partial charge in [0.05, 0.1) is 5.41 Å². The Bertz CT molecular complexity index is 997. The Morgan fingerprint density at radius 2 is 2.07 bits per heavy atom. The molecule has 0 radical (unpaired) electrons. The molecule has 0 N–H and O–H groups in total. The van der Waals surface area contributed by atoms with Crippen LogP contribution < -0.4 is 4.90 Å². The van der Waals surface area contributed by atoms with Crippen LogP contribution in [-0.2, 0) is 4.79 Å². The fourth-order valence-corrected chi connectivity index (χ4v) is 4.87. The molecule has 1 aromatic heterocycles. The maximum absolute atomic E-state index is 14.7. The first-order chi connectivity index (χ1) is 14.2. The number of rotatable bonds is 4. The van der Waals surface area contributed by atoms with E-state index < -0.39 is 41.8 Å². The third kappa shape index (κ3) is 3.95. The zero-order chi connectivity index (χ0) is 21.5. The molecule has 2 atom stereocenters. The number of hydrogen-bond donors (Lipinski definition) is 0. The van der Waals surface area contributed by atoms with E-state index in [0.29, 0.717) is 11.5 Å². The third-order valence-electron chi connectivity index (χ3n) is 6.03. The summed E-state index contributed by atoms with van der Waals surface area (Å²) in [5.41, 5.74) is -0.667. The SMILES string of the molecule is Cc1nccc(C(=O)C[C@@H]2CC(F)(F)C[C@@]3(CCN(c4cccc(F)c4)C3=O)C2)n1. The van der Waals surface area contributed by atoms with Crippen LogP contribution in [0.2, 0.25) is 0 Å². The Balaban J connectivity index is 1.55. The Morgan fingerprint density at radius 3 is 2.80 bits per heavy atom. The van der Waals surface area contributed by atoms with Crippen molar-refractivity contribution in [2.75, 3.05) is 11.4 Å². The molecule has 0 unspecified atom stereocenters. The van der Waals surface area contributed by atoms with Gasteiger partial charge in [-0.3, -0.25) is 9.59 Å². The summed E-state index contributed by atoms with van der Waals surface area (Å²) in [6.07, 6.45) is 0.864. The van der Waals surface area contributed by atoms with E-state index in [9.17, 15) is 22.8 Å². The van der Waals surface area contributed by atoms with Gasteiger partial charge < -0.3 is 4.90 Å². The largest absolute Gasteiger partial charge is 0.312 e. The molecule has 0 bridgehead atoms. The minimum atomic E-state index is -3.04. The van der Waals surface area contributed by atoms with Gasteiger partial charge in [-0.2, -0.15) is 0 Å². The molecule has 1 aliphatic carbocycles. The van der Waals surface area contributed by atoms with Gasteiger partial charge in [0.2, 0.25) is 11.8 Å². The van der Waals surface area contributed by atoms with Crippen molar-refractivity contribution in [3.8, 4) is 0 Å². The predicted molar refractivity (Wildman–Crippen MR) is 104 cm³/mol. The van der Waals surface area contributed by atoms with Gasteiger partial charge in [-0.15, -0.1) is 0 Å². The van der Waals surface area contributed by atoms with Crippen molar-refractivity contribution in [1.82, 2.24) is 9.97 Å². The Hall–Kier alpha value is -2.77. The molecule has 1 aliphatic heterocycles. The van der Waals surface area contributed by atoms with Crippen molar-refractivity contribution in [2.45, 2.75) is 45.0 Å². The zero-order valence-corrected chi connectivity index (χ0v) is 16.6. The molecule has 1 aromatic carbocycles. The van der Waals surface area contributed by atoms with E-state index >= 15 is 0 Å². The van der Waals surface area contributed by atoms with Gasteiger partial charge in [-0.05, 0) is 49.9 Å². The smallest absolute Gasteiger partial charge is 0.249 e. The van der Waals surface area contributed by atoms with E-state index in [1.54, 1.807) is 13.0 Å². The normalized spacial score (nSPS) is 25.7. The number of hydrogen-bond acceptors (Lipinski definition) is 4. The minimum Gasteiger partial charge on any atom is -0.312 e. The average Bonchev–Trinajstić information content (AvgIpc) is 2.95. The lowest BCUT2D eigenvalue weighted by atomic mass is 9.66. The second kappa shape index (κ2) is 7.49. The first-order valence-electron chi connectivity index (χ1n) is 9.96. The molecule has 1 amide bonds. The quantitative estimate of drug-likeness (QED) is 0.694. The molecule has 158 valence electrons. The fraction of sp³-hybridized carbons (Fsp3) is 0.455. The summed E-state index contributed by atoms with van der Waals surface area (Å²) in [6.45, 7) is 1.91. The molecule has 1 spiro atoms. The summed E-state index contributed by atoms with van der Waals surface area (Å²) >= 11 is 0. The van der Waals surface area contributed by atoms with Crippen LogP contribution in [0.25, 0.3) is 0 Å². The summed E-state index contributed by atoms with van der Waals surface area (Å²) in [7, 11) is 0. The number of ketones is 1. The van der Waals surface area contributed by atoms with Gasteiger partial charge in [-0.25, -0.2) is 23.1 Å². The number of aromatic nitrogens is 2. The number of alkyl halides is 2. The van der Waals surface area contributed by atoms with Crippen LogP contribution in [0.4, 0.5) is 18.9 Å². The Kier molecular flexibility index (Phi) is 5.11. The summed E-state index contributed by atoms with van der Waals surface area (Å²) < 4.78 is 42.9. The number of carbonyl (C=O) groups excluding carboxylic acids is 2. The monoisotopic (exact) mass is 417 g/mol. The number of anilines is 1. The first-order valence-corrected chi connectivity index (χ1v) is 9.96. The number of halogens is 3. The molecule has 2 heterocycles. The molecule has 30 heavy (non-hydrogen) atoms. The Labute approximate surface area is 172 Å². The molecule has 5 nitrogen and oxygen atoms in total. The second-order valence-corrected chi connectivity index (χ2v) is 8.39. The molecule has 1 saturated carbocycles. The lowest BCUT2D eigenvalue weighted by Gasteiger charge is -2.40. The molecule has 8 heteroatoms. The van der Waals surface area contributed by atoms with Crippen LogP contribution in [0.5, 0.6) is 0 Å². The first kappa shape index (κ1) is 20.5. The van der Waals surface area contributed by atoms with Crippen LogP contribution >= 0.6 is 0 Å². The summed E-state index contributed by atoms with van der Waals surface area (Å²) in [4.78, 5) is 35.2. The van der Waals surface area contributed by atoms with Crippen LogP contribution in [0.1, 0.15) is 48.4 Å². The number of aryl methyl sites for hydroxylation is 1. The van der Waals surface area contributed by atoms with Gasteiger partial charge in [0.1, 0.15) is 17.3 Å². The van der Waals surface area contributed by atoms with Crippen LogP contribution in [0, 0.1) is 24.1 Å². The van der Waals surface area contributed by atoms with Gasteiger partial charge >= 0.3 is 0 Å². The van der Waals surface area contributed by atoms with Crippen LogP contribution in [0.3, 0.4) is 0 Å². The highest BCUT2D eigenvalue weighted by atomic mass is 19.3. The van der Waals surface area contributed by atoms with Crippen molar-refractivity contribution < 1.29 is 22.8 Å². The van der Waals surface area contributed by atoms with E-state index in [-0.39, 0.29) is 37.3 Å². The highest BCUT2D eigenvalue weighted by molar-refractivity contribution is 6.00. The topological polar surface area (TPSA) is 63.2 Å². The fourth-order valence-electron chi connectivity index (χ4n) is 4.87. The molecule has 4 rings (SSSR count). The maximum Gasteiger partial charge on any atom is 0.249 e. The average molecular weight is 417 g/mol.